The number of nitrogens with zero attached hydrogens (tertiary/aromatic N) is 2. The molecule has 3 heteroatoms. The SMILES string of the molecule is C=C(Br)CC1CC[C@H]2C3=C1CC=C1C=CCCC1N3C1=CC=NC[C@@H]12. The monoisotopic (exact) mass is 396 g/mol. The van der Waals surface area contributed by atoms with Crippen LogP contribution in [0.3, 0.4) is 0 Å². The number of hydrogen-bond acceptors (Lipinski definition) is 2. The van der Waals surface area contributed by atoms with E-state index in [1.807, 2.05) is 6.21 Å². The van der Waals surface area contributed by atoms with Gasteiger partial charge in [-0.2, -0.15) is 0 Å². The Bertz CT molecular complexity index is 767. The van der Waals surface area contributed by atoms with Gasteiger partial charge < -0.3 is 4.90 Å². The van der Waals surface area contributed by atoms with Crippen molar-refractivity contribution in [1.29, 1.82) is 0 Å². The van der Waals surface area contributed by atoms with Gasteiger partial charge in [-0.25, -0.2) is 0 Å². The van der Waals surface area contributed by atoms with Gasteiger partial charge in [-0.1, -0.05) is 40.7 Å². The maximum absolute atomic E-state index is 4.62. The summed E-state index contributed by atoms with van der Waals surface area (Å²) in [7, 11) is 0. The minimum absolute atomic E-state index is 0.536. The third kappa shape index (κ3) is 2.46. The summed E-state index contributed by atoms with van der Waals surface area (Å²) < 4.78 is 1.14. The summed E-state index contributed by atoms with van der Waals surface area (Å²) in [6.07, 6.45) is 18.8. The Hall–Kier alpha value is -1.35. The molecular formula is C22H25BrN2. The van der Waals surface area contributed by atoms with E-state index in [9.17, 15) is 0 Å². The Labute approximate surface area is 158 Å². The highest BCUT2D eigenvalue weighted by molar-refractivity contribution is 9.11. The number of hydrogen-bond donors (Lipinski definition) is 0. The third-order valence-corrected chi connectivity index (χ3v) is 7.02. The lowest BCUT2D eigenvalue weighted by Gasteiger charge is -2.37. The lowest BCUT2D eigenvalue weighted by molar-refractivity contribution is 0.318. The summed E-state index contributed by atoms with van der Waals surface area (Å²) in [5.74, 6) is 1.92. The smallest absolute Gasteiger partial charge is 0.0585 e. The molecule has 25 heavy (non-hydrogen) atoms. The largest absolute Gasteiger partial charge is 0.341 e. The molecule has 0 bridgehead atoms. The molecule has 2 aliphatic carbocycles. The molecule has 0 radical (unpaired) electrons. The van der Waals surface area contributed by atoms with Gasteiger partial charge in [-0.3, -0.25) is 4.99 Å². The van der Waals surface area contributed by atoms with E-state index in [0.717, 1.165) is 23.9 Å². The average molecular weight is 397 g/mol. The van der Waals surface area contributed by atoms with Crippen LogP contribution < -0.4 is 0 Å². The summed E-state index contributed by atoms with van der Waals surface area (Å²) in [6.45, 7) is 5.10. The minimum atomic E-state index is 0.536. The Kier molecular flexibility index (Phi) is 3.89. The maximum Gasteiger partial charge on any atom is 0.0585 e. The van der Waals surface area contributed by atoms with Crippen molar-refractivity contribution >= 4 is 22.1 Å². The van der Waals surface area contributed by atoms with Crippen LogP contribution in [0.4, 0.5) is 0 Å². The van der Waals surface area contributed by atoms with Gasteiger partial charge in [0.15, 0.2) is 0 Å². The summed E-state index contributed by atoms with van der Waals surface area (Å²) in [6, 6.07) is 0.536. The zero-order chi connectivity index (χ0) is 17.0. The maximum atomic E-state index is 4.62. The van der Waals surface area contributed by atoms with Crippen LogP contribution in [-0.2, 0) is 0 Å². The Morgan fingerprint density at radius 3 is 3.08 bits per heavy atom. The number of halogens is 1. The van der Waals surface area contributed by atoms with Crippen LogP contribution >= 0.6 is 15.9 Å². The van der Waals surface area contributed by atoms with Crippen LogP contribution in [0.1, 0.15) is 38.5 Å². The second kappa shape index (κ2) is 6.12. The zero-order valence-electron chi connectivity index (χ0n) is 14.6. The van der Waals surface area contributed by atoms with Gasteiger partial charge in [0, 0.05) is 36.0 Å². The van der Waals surface area contributed by atoms with Crippen LogP contribution in [0.25, 0.3) is 0 Å². The van der Waals surface area contributed by atoms with Crippen LogP contribution in [0.15, 0.2) is 62.9 Å². The van der Waals surface area contributed by atoms with Gasteiger partial charge in [0.1, 0.15) is 0 Å². The van der Waals surface area contributed by atoms with Gasteiger partial charge in [-0.05, 0) is 66.1 Å². The molecule has 0 spiro atoms. The molecule has 2 nitrogen and oxygen atoms in total. The standard InChI is InChI=1S/C22H25BrN2/c1-14(23)12-16-7-9-18-19-13-24-11-10-21(19)25-20-5-3-2-4-15(20)6-8-17(16)22(18)25/h2,4,6,10-11,16,18-20H,1,3,5,7-9,12-13H2/t16?,18-,19-,20?/m1/s1. The lowest BCUT2D eigenvalue weighted by Crippen LogP contribution is -2.34. The molecule has 3 aliphatic heterocycles. The van der Waals surface area contributed by atoms with Crippen LogP contribution in [0.2, 0.25) is 0 Å². The first-order chi connectivity index (χ1) is 12.2. The normalized spacial score (nSPS) is 35.5. The number of aliphatic imine (C=N–C) groups is 1. The van der Waals surface area contributed by atoms with Crippen LogP contribution in [-0.4, -0.2) is 23.7 Å². The van der Waals surface area contributed by atoms with Crippen molar-refractivity contribution in [3.63, 3.8) is 0 Å². The van der Waals surface area contributed by atoms with Crippen molar-refractivity contribution in [2.24, 2.45) is 22.7 Å². The van der Waals surface area contributed by atoms with Crippen molar-refractivity contribution in [3.05, 3.63) is 57.9 Å². The van der Waals surface area contributed by atoms with E-state index < -0.39 is 0 Å². The highest BCUT2D eigenvalue weighted by Gasteiger charge is 2.49. The van der Waals surface area contributed by atoms with E-state index >= 15 is 0 Å². The summed E-state index contributed by atoms with van der Waals surface area (Å²) in [5, 5.41) is 0. The zero-order valence-corrected chi connectivity index (χ0v) is 16.2. The molecule has 5 aliphatic rings. The molecule has 0 aromatic carbocycles. The molecule has 5 rings (SSSR count). The molecule has 0 N–H and O–H groups in total. The molecule has 130 valence electrons. The first kappa shape index (κ1) is 15.9. The molecule has 2 unspecified atom stereocenters. The fraction of sp³-hybridized carbons (Fsp3) is 0.500. The predicted molar refractivity (Wildman–Crippen MR) is 108 cm³/mol. The lowest BCUT2D eigenvalue weighted by atomic mass is 9.74. The highest BCUT2D eigenvalue weighted by Crippen LogP contribution is 2.55. The minimum Gasteiger partial charge on any atom is -0.341 e. The summed E-state index contributed by atoms with van der Waals surface area (Å²) in [5.41, 5.74) is 6.42. The van der Waals surface area contributed by atoms with E-state index in [1.165, 1.54) is 31.3 Å². The molecule has 0 amide bonds. The second-order valence-corrected chi connectivity index (χ2v) is 9.12. The Morgan fingerprint density at radius 1 is 1.28 bits per heavy atom. The first-order valence-corrected chi connectivity index (χ1v) is 10.5. The van der Waals surface area contributed by atoms with Gasteiger partial charge in [0.2, 0.25) is 0 Å². The molecule has 4 atom stereocenters. The van der Waals surface area contributed by atoms with E-state index in [-0.39, 0.29) is 0 Å². The van der Waals surface area contributed by atoms with Crippen LogP contribution in [0, 0.1) is 17.8 Å². The van der Waals surface area contributed by atoms with E-state index in [4.69, 9.17) is 0 Å². The number of fused-ring (bicyclic) bond motifs is 5. The van der Waals surface area contributed by atoms with Crippen LogP contribution in [0.5, 0.6) is 0 Å². The fourth-order valence-electron chi connectivity index (χ4n) is 5.69. The van der Waals surface area contributed by atoms with Gasteiger partial charge in [0.25, 0.3) is 0 Å². The second-order valence-electron chi connectivity index (χ2n) is 8.00. The van der Waals surface area contributed by atoms with Crippen molar-refractivity contribution < 1.29 is 0 Å². The topological polar surface area (TPSA) is 15.6 Å². The first-order valence-electron chi connectivity index (χ1n) is 9.66. The van der Waals surface area contributed by atoms with E-state index in [0.29, 0.717) is 23.8 Å². The predicted octanol–water partition coefficient (Wildman–Crippen LogP) is 5.51. The summed E-state index contributed by atoms with van der Waals surface area (Å²) in [4.78, 5) is 7.37. The van der Waals surface area contributed by atoms with Crippen molar-refractivity contribution in [3.8, 4) is 0 Å². The Morgan fingerprint density at radius 2 is 2.20 bits per heavy atom. The summed E-state index contributed by atoms with van der Waals surface area (Å²) >= 11 is 3.63. The van der Waals surface area contributed by atoms with Crippen molar-refractivity contribution in [2.75, 3.05) is 6.54 Å². The van der Waals surface area contributed by atoms with E-state index in [1.54, 1.807) is 17.0 Å². The molecule has 1 saturated heterocycles. The van der Waals surface area contributed by atoms with Crippen molar-refractivity contribution in [1.82, 2.24) is 4.90 Å². The van der Waals surface area contributed by atoms with Crippen molar-refractivity contribution in [2.45, 2.75) is 44.6 Å². The molecule has 0 aromatic heterocycles. The average Bonchev–Trinajstić information content (AvgIpc) is 2.84. The molecular weight excluding hydrogens is 372 g/mol. The van der Waals surface area contributed by atoms with Gasteiger partial charge in [-0.15, -0.1) is 0 Å². The number of dihydropyridines is 1. The quantitative estimate of drug-likeness (QED) is 0.600. The molecule has 0 saturated carbocycles. The third-order valence-electron chi connectivity index (χ3n) is 6.69. The Balaban J connectivity index is 1.66. The van der Waals surface area contributed by atoms with Gasteiger partial charge >= 0.3 is 0 Å². The number of allylic oxidation sites excluding steroid dienone is 6. The number of rotatable bonds is 2. The van der Waals surface area contributed by atoms with E-state index in [2.05, 4.69) is 56.7 Å². The highest BCUT2D eigenvalue weighted by atomic mass is 79.9. The molecule has 1 fully saturated rings. The molecule has 3 heterocycles. The fourth-order valence-corrected chi connectivity index (χ4v) is 6.08. The molecule has 0 aromatic rings. The van der Waals surface area contributed by atoms with Gasteiger partial charge in [0.05, 0.1) is 6.04 Å².